The maximum absolute atomic E-state index is 11.1. The second-order valence-electron chi connectivity index (χ2n) is 2.34. The van der Waals surface area contributed by atoms with E-state index in [1.165, 1.54) is 4.90 Å². The van der Waals surface area contributed by atoms with Gasteiger partial charge in [-0.05, 0) is 6.92 Å². The monoisotopic (exact) mass is 174 g/mol. The minimum atomic E-state index is -0.998. The molecule has 0 aromatic heterocycles. The van der Waals surface area contributed by atoms with E-state index in [4.69, 9.17) is 10.8 Å². The summed E-state index contributed by atoms with van der Waals surface area (Å²) in [6.07, 6.45) is 0.209. The summed E-state index contributed by atoms with van der Waals surface area (Å²) < 4.78 is 0. The van der Waals surface area contributed by atoms with Crippen LogP contribution in [0.25, 0.3) is 0 Å². The summed E-state index contributed by atoms with van der Waals surface area (Å²) in [5, 5.41) is 8.41. The summed E-state index contributed by atoms with van der Waals surface area (Å²) in [4.78, 5) is 22.6. The zero-order valence-corrected chi connectivity index (χ0v) is 7.12. The highest BCUT2D eigenvalue weighted by Gasteiger charge is 2.12. The summed E-state index contributed by atoms with van der Waals surface area (Å²) >= 11 is 0. The number of carboxylic acids is 1. The van der Waals surface area contributed by atoms with Gasteiger partial charge in [0.15, 0.2) is 0 Å². The molecule has 12 heavy (non-hydrogen) atoms. The quantitative estimate of drug-likeness (QED) is 0.575. The number of carbonyl (C=O) groups is 2. The van der Waals surface area contributed by atoms with Crippen molar-refractivity contribution >= 4 is 11.9 Å². The fourth-order valence-electron chi connectivity index (χ4n) is 0.821. The number of nitrogens with two attached hydrogens (primary N) is 1. The lowest BCUT2D eigenvalue weighted by Crippen LogP contribution is -2.36. The number of hydrogen-bond acceptors (Lipinski definition) is 3. The predicted molar refractivity (Wildman–Crippen MR) is 43.6 cm³/mol. The van der Waals surface area contributed by atoms with Crippen LogP contribution in [0.1, 0.15) is 13.3 Å². The molecule has 5 heteroatoms. The van der Waals surface area contributed by atoms with Gasteiger partial charge in [0, 0.05) is 19.5 Å². The third kappa shape index (κ3) is 3.92. The number of nitrogens with zero attached hydrogens (tertiary/aromatic N) is 1. The first kappa shape index (κ1) is 10.9. The molecule has 0 heterocycles. The Labute approximate surface area is 71.1 Å². The molecule has 3 N–H and O–H groups in total. The molecular weight excluding hydrogens is 160 g/mol. The number of carboxylic acid groups (broad SMARTS) is 1. The molecule has 70 valence electrons. The van der Waals surface area contributed by atoms with Crippen molar-refractivity contribution in [3.8, 4) is 0 Å². The molecule has 0 unspecified atom stereocenters. The fraction of sp³-hybridized carbons (Fsp3) is 0.714. The standard InChI is InChI=1S/C7H14N2O3/c1-2-9(5-7(11)12)6(10)3-4-8/h2-5,8H2,1H3,(H,11,12). The van der Waals surface area contributed by atoms with Crippen molar-refractivity contribution in [3.63, 3.8) is 0 Å². The summed E-state index contributed by atoms with van der Waals surface area (Å²) in [6, 6.07) is 0. The van der Waals surface area contributed by atoms with Crippen LogP contribution < -0.4 is 5.73 Å². The minimum absolute atomic E-state index is 0.206. The van der Waals surface area contributed by atoms with E-state index < -0.39 is 5.97 Å². The van der Waals surface area contributed by atoms with Crippen molar-refractivity contribution in [1.29, 1.82) is 0 Å². The topological polar surface area (TPSA) is 83.6 Å². The molecule has 5 nitrogen and oxygen atoms in total. The van der Waals surface area contributed by atoms with Gasteiger partial charge >= 0.3 is 5.97 Å². The highest BCUT2D eigenvalue weighted by Crippen LogP contribution is 1.92. The lowest BCUT2D eigenvalue weighted by atomic mass is 10.3. The SMILES string of the molecule is CCN(CC(=O)O)C(=O)CCN. The average Bonchev–Trinajstić information content (AvgIpc) is 2.00. The molecule has 0 fully saturated rings. The van der Waals surface area contributed by atoms with Crippen LogP contribution in [0.2, 0.25) is 0 Å². The van der Waals surface area contributed by atoms with Crippen molar-refractivity contribution in [3.05, 3.63) is 0 Å². The van der Waals surface area contributed by atoms with E-state index in [1.807, 2.05) is 0 Å². The Bertz CT molecular complexity index is 170. The normalized spacial score (nSPS) is 9.50. The van der Waals surface area contributed by atoms with Crippen LogP contribution in [-0.4, -0.2) is 41.5 Å². The zero-order valence-electron chi connectivity index (χ0n) is 7.12. The molecule has 0 saturated heterocycles. The van der Waals surface area contributed by atoms with Crippen molar-refractivity contribution in [1.82, 2.24) is 4.90 Å². The van der Waals surface area contributed by atoms with Crippen molar-refractivity contribution < 1.29 is 14.7 Å². The first-order valence-electron chi connectivity index (χ1n) is 3.81. The highest BCUT2D eigenvalue weighted by atomic mass is 16.4. The lowest BCUT2D eigenvalue weighted by Gasteiger charge is -2.17. The smallest absolute Gasteiger partial charge is 0.323 e. The number of aliphatic carboxylic acids is 1. The van der Waals surface area contributed by atoms with E-state index in [-0.39, 0.29) is 25.4 Å². The summed E-state index contributed by atoms with van der Waals surface area (Å²) in [5.41, 5.74) is 5.16. The maximum atomic E-state index is 11.1. The molecule has 0 radical (unpaired) electrons. The summed E-state index contributed by atoms with van der Waals surface area (Å²) in [5.74, 6) is -1.20. The molecule has 0 bridgehead atoms. The summed E-state index contributed by atoms with van der Waals surface area (Å²) in [7, 11) is 0. The van der Waals surface area contributed by atoms with Gasteiger partial charge < -0.3 is 15.7 Å². The number of hydrogen-bond donors (Lipinski definition) is 2. The van der Waals surface area contributed by atoms with Crippen LogP contribution in [0.4, 0.5) is 0 Å². The molecule has 0 saturated carbocycles. The first-order chi connectivity index (χ1) is 5.61. The van der Waals surface area contributed by atoms with Gasteiger partial charge in [0.1, 0.15) is 6.54 Å². The molecule has 0 aromatic rings. The molecule has 0 atom stereocenters. The van der Waals surface area contributed by atoms with Crippen LogP contribution in [0, 0.1) is 0 Å². The molecule has 0 rings (SSSR count). The molecule has 0 aliphatic rings. The Balaban J connectivity index is 3.96. The van der Waals surface area contributed by atoms with Gasteiger partial charge in [-0.15, -0.1) is 0 Å². The van der Waals surface area contributed by atoms with Crippen LogP contribution >= 0.6 is 0 Å². The van der Waals surface area contributed by atoms with Crippen LogP contribution in [-0.2, 0) is 9.59 Å². The number of likely N-dealkylation sites (N-methyl/N-ethyl adjacent to an activating group) is 1. The Kier molecular flexibility index (Phi) is 5.03. The Morgan fingerprint density at radius 3 is 2.42 bits per heavy atom. The van der Waals surface area contributed by atoms with Gasteiger partial charge in [0.2, 0.25) is 5.91 Å². The van der Waals surface area contributed by atoms with Crippen LogP contribution in [0.15, 0.2) is 0 Å². The van der Waals surface area contributed by atoms with Crippen LogP contribution in [0.5, 0.6) is 0 Å². The first-order valence-corrected chi connectivity index (χ1v) is 3.81. The largest absolute Gasteiger partial charge is 0.480 e. The van der Waals surface area contributed by atoms with Crippen molar-refractivity contribution in [2.24, 2.45) is 5.73 Å². The third-order valence-electron chi connectivity index (χ3n) is 1.42. The van der Waals surface area contributed by atoms with Crippen molar-refractivity contribution in [2.75, 3.05) is 19.6 Å². The minimum Gasteiger partial charge on any atom is -0.480 e. The molecule has 0 aliphatic carbocycles. The Hall–Kier alpha value is -1.10. The van der Waals surface area contributed by atoms with Gasteiger partial charge in [-0.3, -0.25) is 9.59 Å². The Morgan fingerprint density at radius 2 is 2.08 bits per heavy atom. The lowest BCUT2D eigenvalue weighted by molar-refractivity contribution is -0.144. The number of amides is 1. The molecule has 1 amide bonds. The second kappa shape index (κ2) is 5.54. The number of rotatable bonds is 5. The van der Waals surface area contributed by atoms with E-state index in [0.29, 0.717) is 6.54 Å². The van der Waals surface area contributed by atoms with Crippen LogP contribution in [0.3, 0.4) is 0 Å². The van der Waals surface area contributed by atoms with Crippen molar-refractivity contribution in [2.45, 2.75) is 13.3 Å². The predicted octanol–water partition coefficient (Wildman–Crippen LogP) is -0.732. The molecule has 0 aliphatic heterocycles. The van der Waals surface area contributed by atoms with Gasteiger partial charge in [-0.1, -0.05) is 0 Å². The number of carbonyl (C=O) groups excluding carboxylic acids is 1. The molecule has 0 aromatic carbocycles. The highest BCUT2D eigenvalue weighted by molar-refractivity contribution is 5.81. The maximum Gasteiger partial charge on any atom is 0.323 e. The molecule has 0 spiro atoms. The van der Waals surface area contributed by atoms with Gasteiger partial charge in [0.25, 0.3) is 0 Å². The van der Waals surface area contributed by atoms with E-state index in [9.17, 15) is 9.59 Å². The molecular formula is C7H14N2O3. The second-order valence-corrected chi connectivity index (χ2v) is 2.34. The van der Waals surface area contributed by atoms with E-state index in [0.717, 1.165) is 0 Å². The Morgan fingerprint density at radius 1 is 1.50 bits per heavy atom. The average molecular weight is 174 g/mol. The van der Waals surface area contributed by atoms with E-state index in [2.05, 4.69) is 0 Å². The van der Waals surface area contributed by atoms with E-state index >= 15 is 0 Å². The van der Waals surface area contributed by atoms with E-state index in [1.54, 1.807) is 6.92 Å². The van der Waals surface area contributed by atoms with Gasteiger partial charge in [-0.25, -0.2) is 0 Å². The fourth-order valence-corrected chi connectivity index (χ4v) is 0.821. The third-order valence-corrected chi connectivity index (χ3v) is 1.42. The zero-order chi connectivity index (χ0) is 9.56. The summed E-state index contributed by atoms with van der Waals surface area (Å²) in [6.45, 7) is 2.16. The van der Waals surface area contributed by atoms with Gasteiger partial charge in [-0.2, -0.15) is 0 Å². The van der Waals surface area contributed by atoms with Gasteiger partial charge in [0.05, 0.1) is 0 Å².